The van der Waals surface area contributed by atoms with Gasteiger partial charge in [0.05, 0.1) is 6.61 Å². The predicted molar refractivity (Wildman–Crippen MR) is 68.7 cm³/mol. The van der Waals surface area contributed by atoms with Crippen molar-refractivity contribution in [1.29, 1.82) is 0 Å². The van der Waals surface area contributed by atoms with Gasteiger partial charge in [0.1, 0.15) is 6.04 Å². The van der Waals surface area contributed by atoms with Crippen LogP contribution < -0.4 is 0 Å². The van der Waals surface area contributed by atoms with E-state index in [0.717, 1.165) is 18.8 Å². The highest BCUT2D eigenvalue weighted by molar-refractivity contribution is 5.72. The normalized spacial score (nSPS) is 13.3. The maximum Gasteiger partial charge on any atom is 0.323 e. The standard InChI is InChI=1S/C13H27NO3/c1-5-17-14(12(4)13(15)16)10-8-6-7-9-11(2)3/h11-12H,5-10H2,1-4H3,(H,15,16). The molecule has 0 saturated carbocycles. The Morgan fingerprint density at radius 1 is 1.24 bits per heavy atom. The van der Waals surface area contributed by atoms with Gasteiger partial charge in [0, 0.05) is 6.54 Å². The second-order valence-corrected chi connectivity index (χ2v) is 4.82. The molecule has 1 N–H and O–H groups in total. The summed E-state index contributed by atoms with van der Waals surface area (Å²) in [6.45, 7) is 9.19. The highest BCUT2D eigenvalue weighted by Gasteiger charge is 2.20. The van der Waals surface area contributed by atoms with E-state index in [9.17, 15) is 4.79 Å². The van der Waals surface area contributed by atoms with E-state index in [2.05, 4.69) is 13.8 Å². The Bertz CT molecular complexity index is 207. The molecule has 0 rings (SSSR count). The fourth-order valence-corrected chi connectivity index (χ4v) is 1.66. The van der Waals surface area contributed by atoms with Gasteiger partial charge in [-0.1, -0.05) is 33.1 Å². The minimum atomic E-state index is -0.833. The van der Waals surface area contributed by atoms with Gasteiger partial charge in [0.15, 0.2) is 0 Å². The zero-order valence-electron chi connectivity index (χ0n) is 11.6. The Hall–Kier alpha value is -0.610. The first-order valence-corrected chi connectivity index (χ1v) is 6.61. The molecule has 102 valence electrons. The summed E-state index contributed by atoms with van der Waals surface area (Å²) in [7, 11) is 0. The van der Waals surface area contributed by atoms with Crippen LogP contribution in [-0.2, 0) is 9.63 Å². The molecule has 0 fully saturated rings. The number of carboxylic acids is 1. The highest BCUT2D eigenvalue weighted by atomic mass is 16.7. The average molecular weight is 245 g/mol. The van der Waals surface area contributed by atoms with Crippen LogP contribution in [0.1, 0.15) is 53.4 Å². The van der Waals surface area contributed by atoms with Crippen LogP contribution in [-0.4, -0.2) is 35.3 Å². The third-order valence-electron chi connectivity index (χ3n) is 2.74. The van der Waals surface area contributed by atoms with Crippen molar-refractivity contribution in [1.82, 2.24) is 5.06 Å². The summed E-state index contributed by atoms with van der Waals surface area (Å²) in [5.41, 5.74) is 0. The van der Waals surface area contributed by atoms with Crippen molar-refractivity contribution in [3.8, 4) is 0 Å². The molecule has 4 nitrogen and oxygen atoms in total. The molecule has 0 aromatic carbocycles. The SMILES string of the molecule is CCON(CCCCCC(C)C)C(C)C(=O)O. The lowest BCUT2D eigenvalue weighted by atomic mass is 10.1. The highest BCUT2D eigenvalue weighted by Crippen LogP contribution is 2.10. The summed E-state index contributed by atoms with van der Waals surface area (Å²) >= 11 is 0. The molecular weight excluding hydrogens is 218 g/mol. The summed E-state index contributed by atoms with van der Waals surface area (Å²) < 4.78 is 0. The first kappa shape index (κ1) is 16.4. The van der Waals surface area contributed by atoms with Crippen molar-refractivity contribution >= 4 is 5.97 Å². The number of rotatable bonds is 10. The molecule has 0 aromatic heterocycles. The molecule has 0 amide bonds. The lowest BCUT2D eigenvalue weighted by molar-refractivity contribution is -0.194. The third-order valence-corrected chi connectivity index (χ3v) is 2.74. The third kappa shape index (κ3) is 8.16. The molecule has 0 aliphatic rings. The van der Waals surface area contributed by atoms with E-state index >= 15 is 0 Å². The van der Waals surface area contributed by atoms with Gasteiger partial charge >= 0.3 is 5.97 Å². The van der Waals surface area contributed by atoms with Crippen molar-refractivity contribution in [2.45, 2.75) is 59.4 Å². The maximum atomic E-state index is 10.9. The number of carbonyl (C=O) groups is 1. The zero-order valence-corrected chi connectivity index (χ0v) is 11.6. The van der Waals surface area contributed by atoms with E-state index in [1.54, 1.807) is 12.0 Å². The minimum absolute atomic E-state index is 0.517. The number of unbranched alkanes of at least 4 members (excludes halogenated alkanes) is 2. The second-order valence-electron chi connectivity index (χ2n) is 4.82. The van der Waals surface area contributed by atoms with Crippen LogP contribution >= 0.6 is 0 Å². The summed E-state index contributed by atoms with van der Waals surface area (Å²) in [6, 6.07) is -0.569. The van der Waals surface area contributed by atoms with E-state index in [1.807, 2.05) is 6.92 Å². The predicted octanol–water partition coefficient (Wildman–Crippen LogP) is 2.93. The monoisotopic (exact) mass is 245 g/mol. The molecular formula is C13H27NO3. The molecule has 1 atom stereocenters. The fraction of sp³-hybridized carbons (Fsp3) is 0.923. The Morgan fingerprint density at radius 3 is 2.35 bits per heavy atom. The van der Waals surface area contributed by atoms with Gasteiger partial charge in [-0.25, -0.2) is 0 Å². The van der Waals surface area contributed by atoms with Gasteiger partial charge in [-0.15, -0.1) is 0 Å². The Morgan fingerprint density at radius 2 is 1.88 bits per heavy atom. The number of nitrogens with zero attached hydrogens (tertiary/aromatic N) is 1. The van der Waals surface area contributed by atoms with Gasteiger partial charge in [0.25, 0.3) is 0 Å². The van der Waals surface area contributed by atoms with E-state index < -0.39 is 12.0 Å². The van der Waals surface area contributed by atoms with Gasteiger partial charge < -0.3 is 5.11 Å². The number of aliphatic carboxylic acids is 1. The average Bonchev–Trinajstić information content (AvgIpc) is 2.25. The van der Waals surface area contributed by atoms with E-state index in [1.165, 1.54) is 12.8 Å². The van der Waals surface area contributed by atoms with Crippen molar-refractivity contribution < 1.29 is 14.7 Å². The molecule has 0 heterocycles. The van der Waals surface area contributed by atoms with Crippen LogP contribution in [0.3, 0.4) is 0 Å². The van der Waals surface area contributed by atoms with Crippen LogP contribution in [0.15, 0.2) is 0 Å². The molecule has 0 spiro atoms. The molecule has 0 saturated heterocycles. The molecule has 17 heavy (non-hydrogen) atoms. The largest absolute Gasteiger partial charge is 0.480 e. The first-order valence-electron chi connectivity index (χ1n) is 6.61. The van der Waals surface area contributed by atoms with Gasteiger partial charge in [-0.3, -0.25) is 9.63 Å². The fourth-order valence-electron chi connectivity index (χ4n) is 1.66. The second kappa shape index (κ2) is 9.42. The van der Waals surface area contributed by atoms with Crippen LogP contribution in [0.25, 0.3) is 0 Å². The van der Waals surface area contributed by atoms with Crippen LogP contribution in [0, 0.1) is 5.92 Å². The molecule has 0 aromatic rings. The minimum Gasteiger partial charge on any atom is -0.480 e. The lowest BCUT2D eigenvalue weighted by Crippen LogP contribution is -2.39. The smallest absolute Gasteiger partial charge is 0.323 e. The van der Waals surface area contributed by atoms with E-state index in [-0.39, 0.29) is 0 Å². The summed E-state index contributed by atoms with van der Waals surface area (Å²) in [5.74, 6) is -0.0865. The van der Waals surface area contributed by atoms with Crippen molar-refractivity contribution in [2.75, 3.05) is 13.2 Å². The molecule has 0 bridgehead atoms. The van der Waals surface area contributed by atoms with Crippen LogP contribution in [0.5, 0.6) is 0 Å². The summed E-state index contributed by atoms with van der Waals surface area (Å²) in [4.78, 5) is 16.2. The topological polar surface area (TPSA) is 49.8 Å². The van der Waals surface area contributed by atoms with Gasteiger partial charge in [-0.2, -0.15) is 5.06 Å². The van der Waals surface area contributed by atoms with Gasteiger partial charge in [-0.05, 0) is 26.2 Å². The maximum absolute atomic E-state index is 10.9. The van der Waals surface area contributed by atoms with Crippen molar-refractivity contribution in [3.05, 3.63) is 0 Å². The lowest BCUT2D eigenvalue weighted by Gasteiger charge is -2.24. The van der Waals surface area contributed by atoms with Crippen LogP contribution in [0.2, 0.25) is 0 Å². The molecule has 0 aliphatic heterocycles. The molecule has 4 heteroatoms. The van der Waals surface area contributed by atoms with Crippen molar-refractivity contribution in [2.24, 2.45) is 5.92 Å². The molecule has 0 radical (unpaired) electrons. The van der Waals surface area contributed by atoms with Gasteiger partial charge in [0.2, 0.25) is 0 Å². The zero-order chi connectivity index (χ0) is 13.3. The first-order chi connectivity index (χ1) is 7.99. The summed E-state index contributed by atoms with van der Waals surface area (Å²) in [5, 5.41) is 10.5. The Balaban J connectivity index is 3.81. The number of hydrogen-bond donors (Lipinski definition) is 1. The van der Waals surface area contributed by atoms with E-state index in [4.69, 9.17) is 9.94 Å². The summed E-state index contributed by atoms with van der Waals surface area (Å²) in [6.07, 6.45) is 4.57. The van der Waals surface area contributed by atoms with Crippen LogP contribution in [0.4, 0.5) is 0 Å². The quantitative estimate of drug-likeness (QED) is 0.475. The molecule has 1 unspecified atom stereocenters. The van der Waals surface area contributed by atoms with E-state index in [0.29, 0.717) is 13.2 Å². The molecule has 0 aliphatic carbocycles. The van der Waals surface area contributed by atoms with Crippen molar-refractivity contribution in [3.63, 3.8) is 0 Å². The Labute approximate surface area is 105 Å². The number of hydrogen-bond acceptors (Lipinski definition) is 3. The number of carboxylic acid groups (broad SMARTS) is 1. The number of hydroxylamine groups is 2. The Kier molecular flexibility index (Phi) is 9.09.